The number of ether oxygens (including phenoxy) is 2. The van der Waals surface area contributed by atoms with Gasteiger partial charge in [-0.15, -0.1) is 6.58 Å². The highest BCUT2D eigenvalue weighted by atomic mass is 16.7. The summed E-state index contributed by atoms with van der Waals surface area (Å²) in [6.07, 6.45) is 4.58. The highest BCUT2D eigenvalue weighted by Gasteiger charge is 2.15. The van der Waals surface area contributed by atoms with Crippen LogP contribution in [0.2, 0.25) is 0 Å². The minimum Gasteiger partial charge on any atom is -0.454 e. The Bertz CT molecular complexity index is 596. The van der Waals surface area contributed by atoms with Crippen LogP contribution >= 0.6 is 0 Å². The summed E-state index contributed by atoms with van der Waals surface area (Å²) in [5, 5.41) is 5.44. The van der Waals surface area contributed by atoms with Gasteiger partial charge in [-0.05, 0) is 30.0 Å². The zero-order valence-electron chi connectivity index (χ0n) is 9.98. The van der Waals surface area contributed by atoms with Crippen LogP contribution in [0.1, 0.15) is 6.42 Å². The van der Waals surface area contributed by atoms with Gasteiger partial charge in [-0.25, -0.2) is 4.98 Å². The van der Waals surface area contributed by atoms with Gasteiger partial charge in [0, 0.05) is 18.1 Å². The van der Waals surface area contributed by atoms with Gasteiger partial charge in [-0.2, -0.15) is 0 Å². The lowest BCUT2D eigenvalue weighted by Gasteiger charge is -2.08. The molecular weight excluding hydrogens is 228 g/mol. The molecule has 2 aromatic rings. The molecular formula is C14H14N2O2. The van der Waals surface area contributed by atoms with Crippen molar-refractivity contribution in [1.29, 1.82) is 0 Å². The summed E-state index contributed by atoms with van der Waals surface area (Å²) >= 11 is 0. The SMILES string of the molecule is C=CCCNc1nccc2cc3c(cc12)OCO3. The van der Waals surface area contributed by atoms with Gasteiger partial charge >= 0.3 is 0 Å². The molecule has 0 saturated heterocycles. The maximum Gasteiger partial charge on any atom is 0.231 e. The third-order valence-electron chi connectivity index (χ3n) is 2.90. The van der Waals surface area contributed by atoms with E-state index in [0.717, 1.165) is 41.1 Å². The van der Waals surface area contributed by atoms with Crippen molar-refractivity contribution in [1.82, 2.24) is 4.98 Å². The van der Waals surface area contributed by atoms with Crippen molar-refractivity contribution in [2.45, 2.75) is 6.42 Å². The summed E-state index contributed by atoms with van der Waals surface area (Å²) in [5.41, 5.74) is 0. The van der Waals surface area contributed by atoms with Crippen LogP contribution in [0, 0.1) is 0 Å². The molecule has 1 aromatic carbocycles. The first kappa shape index (κ1) is 10.9. The number of aromatic nitrogens is 1. The van der Waals surface area contributed by atoms with E-state index in [0.29, 0.717) is 0 Å². The van der Waals surface area contributed by atoms with Crippen LogP contribution in [-0.4, -0.2) is 18.3 Å². The molecule has 4 nitrogen and oxygen atoms in total. The Hall–Kier alpha value is -2.23. The summed E-state index contributed by atoms with van der Waals surface area (Å²) in [4.78, 5) is 4.36. The molecule has 0 spiro atoms. The Labute approximate surface area is 105 Å². The minimum atomic E-state index is 0.290. The Morgan fingerprint density at radius 1 is 1.33 bits per heavy atom. The smallest absolute Gasteiger partial charge is 0.231 e. The molecule has 2 heterocycles. The standard InChI is InChI=1S/C14H14N2O2/c1-2-3-5-15-14-11-8-13-12(17-9-18-13)7-10(11)4-6-16-14/h2,4,6-8H,1,3,5,9H2,(H,15,16). The third-order valence-corrected chi connectivity index (χ3v) is 2.90. The lowest BCUT2D eigenvalue weighted by molar-refractivity contribution is 0.174. The summed E-state index contributed by atoms with van der Waals surface area (Å²) < 4.78 is 10.8. The molecule has 3 rings (SSSR count). The predicted octanol–water partition coefficient (Wildman–Crippen LogP) is 2.95. The third kappa shape index (κ3) is 1.86. The zero-order valence-corrected chi connectivity index (χ0v) is 9.98. The van der Waals surface area contributed by atoms with Gasteiger partial charge in [0.2, 0.25) is 6.79 Å². The highest BCUT2D eigenvalue weighted by molar-refractivity contribution is 5.94. The molecule has 0 bridgehead atoms. The minimum absolute atomic E-state index is 0.290. The molecule has 0 aliphatic carbocycles. The number of hydrogen-bond donors (Lipinski definition) is 1. The van der Waals surface area contributed by atoms with Gasteiger partial charge in [0.15, 0.2) is 11.5 Å². The number of benzene rings is 1. The predicted molar refractivity (Wildman–Crippen MR) is 71.2 cm³/mol. The molecule has 1 aliphatic rings. The molecule has 0 fully saturated rings. The van der Waals surface area contributed by atoms with Crippen LogP contribution < -0.4 is 14.8 Å². The molecule has 4 heteroatoms. The number of pyridine rings is 1. The lowest BCUT2D eigenvalue weighted by Crippen LogP contribution is -2.02. The molecule has 0 unspecified atom stereocenters. The van der Waals surface area contributed by atoms with Crippen molar-refractivity contribution in [3.8, 4) is 11.5 Å². The van der Waals surface area contributed by atoms with Crippen molar-refractivity contribution in [2.75, 3.05) is 18.7 Å². The van der Waals surface area contributed by atoms with Crippen LogP contribution in [-0.2, 0) is 0 Å². The van der Waals surface area contributed by atoms with E-state index < -0.39 is 0 Å². The second-order valence-corrected chi connectivity index (χ2v) is 4.09. The topological polar surface area (TPSA) is 43.4 Å². The van der Waals surface area contributed by atoms with Crippen molar-refractivity contribution in [3.05, 3.63) is 37.1 Å². The number of rotatable bonds is 4. The second kappa shape index (κ2) is 4.56. The van der Waals surface area contributed by atoms with Crippen molar-refractivity contribution < 1.29 is 9.47 Å². The van der Waals surface area contributed by atoms with Gasteiger partial charge in [-0.3, -0.25) is 0 Å². The first-order valence-corrected chi connectivity index (χ1v) is 5.91. The van der Waals surface area contributed by atoms with Crippen molar-refractivity contribution >= 4 is 16.6 Å². The Kier molecular flexibility index (Phi) is 2.76. The van der Waals surface area contributed by atoms with Crippen LogP contribution in [0.5, 0.6) is 11.5 Å². The van der Waals surface area contributed by atoms with Crippen LogP contribution in [0.25, 0.3) is 10.8 Å². The van der Waals surface area contributed by atoms with Gasteiger partial charge in [0.1, 0.15) is 5.82 Å². The molecule has 0 saturated carbocycles. The molecule has 1 aromatic heterocycles. The van der Waals surface area contributed by atoms with Crippen LogP contribution in [0.3, 0.4) is 0 Å². The first-order valence-electron chi connectivity index (χ1n) is 5.91. The Morgan fingerprint density at radius 3 is 3.00 bits per heavy atom. The monoisotopic (exact) mass is 242 g/mol. The maximum absolute atomic E-state index is 5.39. The molecule has 0 amide bonds. The number of hydrogen-bond acceptors (Lipinski definition) is 4. The van der Waals surface area contributed by atoms with Crippen molar-refractivity contribution in [2.24, 2.45) is 0 Å². The normalized spacial score (nSPS) is 12.7. The maximum atomic E-state index is 5.39. The number of nitrogens with zero attached hydrogens (tertiary/aromatic N) is 1. The van der Waals surface area contributed by atoms with E-state index in [1.165, 1.54) is 0 Å². The van der Waals surface area contributed by atoms with E-state index in [4.69, 9.17) is 9.47 Å². The average Bonchev–Trinajstić information content (AvgIpc) is 2.84. The lowest BCUT2D eigenvalue weighted by atomic mass is 10.1. The Balaban J connectivity index is 2.01. The van der Waals surface area contributed by atoms with Crippen LogP contribution in [0.15, 0.2) is 37.1 Å². The fourth-order valence-electron chi connectivity index (χ4n) is 2.00. The molecule has 1 aliphatic heterocycles. The van der Waals surface area contributed by atoms with Gasteiger partial charge in [0.25, 0.3) is 0 Å². The second-order valence-electron chi connectivity index (χ2n) is 4.09. The zero-order chi connectivity index (χ0) is 12.4. The van der Waals surface area contributed by atoms with E-state index in [1.54, 1.807) is 6.20 Å². The van der Waals surface area contributed by atoms with E-state index in [-0.39, 0.29) is 6.79 Å². The summed E-state index contributed by atoms with van der Waals surface area (Å²) in [6, 6.07) is 5.93. The summed E-state index contributed by atoms with van der Waals surface area (Å²) in [5.74, 6) is 2.45. The van der Waals surface area contributed by atoms with Gasteiger partial charge in [-0.1, -0.05) is 6.08 Å². The number of fused-ring (bicyclic) bond motifs is 2. The van der Waals surface area contributed by atoms with E-state index in [9.17, 15) is 0 Å². The largest absolute Gasteiger partial charge is 0.454 e. The van der Waals surface area contributed by atoms with Crippen LogP contribution in [0.4, 0.5) is 5.82 Å². The van der Waals surface area contributed by atoms with Gasteiger partial charge in [0.05, 0.1) is 0 Å². The number of nitrogens with one attached hydrogen (secondary N) is 1. The first-order chi connectivity index (χ1) is 8.88. The summed E-state index contributed by atoms with van der Waals surface area (Å²) in [7, 11) is 0. The molecule has 1 N–H and O–H groups in total. The fraction of sp³-hybridized carbons (Fsp3) is 0.214. The molecule has 18 heavy (non-hydrogen) atoms. The summed E-state index contributed by atoms with van der Waals surface area (Å²) in [6.45, 7) is 4.82. The average molecular weight is 242 g/mol. The van der Waals surface area contributed by atoms with E-state index in [2.05, 4.69) is 16.9 Å². The van der Waals surface area contributed by atoms with E-state index in [1.807, 2.05) is 24.3 Å². The fourth-order valence-corrected chi connectivity index (χ4v) is 2.00. The number of anilines is 1. The van der Waals surface area contributed by atoms with Gasteiger partial charge < -0.3 is 14.8 Å². The Morgan fingerprint density at radius 2 is 2.17 bits per heavy atom. The van der Waals surface area contributed by atoms with Crippen molar-refractivity contribution in [3.63, 3.8) is 0 Å². The molecule has 0 atom stereocenters. The van der Waals surface area contributed by atoms with E-state index >= 15 is 0 Å². The highest BCUT2D eigenvalue weighted by Crippen LogP contribution is 2.37. The quantitative estimate of drug-likeness (QED) is 0.661. The molecule has 0 radical (unpaired) electrons. The molecule has 92 valence electrons.